The number of carboxylic acids is 2. The zero-order chi connectivity index (χ0) is 24.3. The smallest absolute Gasteiger partial charge is 0.414 e. The van der Waals surface area contributed by atoms with E-state index in [0.29, 0.717) is 37.7 Å². The maximum absolute atomic E-state index is 12.7. The van der Waals surface area contributed by atoms with Crippen molar-refractivity contribution in [2.75, 3.05) is 19.6 Å². The van der Waals surface area contributed by atoms with Crippen LogP contribution < -0.4 is 0 Å². The molecule has 4 heterocycles. The number of amides is 2. The van der Waals surface area contributed by atoms with Crippen LogP contribution in [0.2, 0.25) is 0 Å². The highest BCUT2D eigenvalue weighted by atomic mass is 16.5. The number of hydrogen-bond acceptors (Lipinski definition) is 7. The summed E-state index contributed by atoms with van der Waals surface area (Å²) in [4.78, 5) is 51.4. The highest BCUT2D eigenvalue weighted by Gasteiger charge is 2.45. The van der Waals surface area contributed by atoms with Gasteiger partial charge in [0.25, 0.3) is 5.91 Å². The van der Waals surface area contributed by atoms with Gasteiger partial charge in [0.2, 0.25) is 5.91 Å². The van der Waals surface area contributed by atoms with Crippen molar-refractivity contribution < 1.29 is 33.9 Å². The highest BCUT2D eigenvalue weighted by Crippen LogP contribution is 2.42. The highest BCUT2D eigenvalue weighted by molar-refractivity contribution is 6.27. The monoisotopic (exact) mass is 470 g/mol. The van der Waals surface area contributed by atoms with Crippen molar-refractivity contribution in [3.8, 4) is 0 Å². The second-order valence-electron chi connectivity index (χ2n) is 9.07. The molecule has 2 amide bonds. The Labute approximate surface area is 195 Å². The van der Waals surface area contributed by atoms with Gasteiger partial charge in [-0.2, -0.15) is 0 Å². The topological polar surface area (TPSA) is 154 Å². The number of carbonyl (C=O) groups is 4. The molecule has 1 aliphatic carbocycles. The average molecular weight is 470 g/mol. The lowest BCUT2D eigenvalue weighted by atomic mass is 9.77. The van der Waals surface area contributed by atoms with Crippen LogP contribution in [0.15, 0.2) is 35.1 Å². The lowest BCUT2D eigenvalue weighted by Gasteiger charge is -2.38. The SMILES string of the molecule is O=C(O)C(=O)O.O=C1CC2(CCN(C(=O)c3cc(C4CC4)on3)CC2)CN1Cc1ccncc1. The Hall–Kier alpha value is -3.76. The molecule has 5 rings (SSSR count). The van der Waals surface area contributed by atoms with Crippen molar-refractivity contribution in [3.05, 3.63) is 47.6 Å². The van der Waals surface area contributed by atoms with E-state index in [1.54, 1.807) is 18.5 Å². The van der Waals surface area contributed by atoms with Gasteiger partial charge in [-0.3, -0.25) is 14.6 Å². The molecule has 1 spiro atoms. The molecule has 2 aliphatic heterocycles. The van der Waals surface area contributed by atoms with Gasteiger partial charge in [0.15, 0.2) is 5.69 Å². The molecule has 3 fully saturated rings. The first-order chi connectivity index (χ1) is 16.3. The Morgan fingerprint density at radius 3 is 2.32 bits per heavy atom. The van der Waals surface area contributed by atoms with Crippen LogP contribution in [-0.2, 0) is 20.9 Å². The number of carboxylic acid groups (broad SMARTS) is 2. The quantitative estimate of drug-likeness (QED) is 0.636. The normalized spacial score (nSPS) is 19.0. The van der Waals surface area contributed by atoms with E-state index < -0.39 is 11.9 Å². The summed E-state index contributed by atoms with van der Waals surface area (Å²) >= 11 is 0. The molecule has 2 aromatic rings. The summed E-state index contributed by atoms with van der Waals surface area (Å²) in [5.74, 6) is -2.20. The van der Waals surface area contributed by atoms with Crippen LogP contribution in [0, 0.1) is 5.41 Å². The van der Waals surface area contributed by atoms with Crippen molar-refractivity contribution in [1.29, 1.82) is 0 Å². The molecule has 0 aromatic carbocycles. The van der Waals surface area contributed by atoms with Crippen LogP contribution >= 0.6 is 0 Å². The number of nitrogens with zero attached hydrogens (tertiary/aromatic N) is 4. The number of piperidine rings is 1. The summed E-state index contributed by atoms with van der Waals surface area (Å²) in [7, 11) is 0. The van der Waals surface area contributed by atoms with Crippen molar-refractivity contribution in [1.82, 2.24) is 19.9 Å². The number of rotatable bonds is 4. The molecular formula is C23H26N4O7. The van der Waals surface area contributed by atoms with Crippen LogP contribution in [0.3, 0.4) is 0 Å². The largest absolute Gasteiger partial charge is 0.473 e. The summed E-state index contributed by atoms with van der Waals surface area (Å²) in [6.45, 7) is 2.74. The van der Waals surface area contributed by atoms with Gasteiger partial charge in [-0.25, -0.2) is 9.59 Å². The first-order valence-electron chi connectivity index (χ1n) is 11.2. The molecule has 2 aromatic heterocycles. The van der Waals surface area contributed by atoms with Crippen LogP contribution in [0.4, 0.5) is 0 Å². The Bertz CT molecular complexity index is 1060. The predicted molar refractivity (Wildman–Crippen MR) is 116 cm³/mol. The zero-order valence-corrected chi connectivity index (χ0v) is 18.6. The number of aromatic nitrogens is 2. The van der Waals surface area contributed by atoms with Gasteiger partial charge in [0, 0.05) is 62.4 Å². The lowest BCUT2D eigenvalue weighted by Crippen LogP contribution is -2.44. The molecule has 3 aliphatic rings. The standard InChI is InChI=1S/C21H24N4O3.C2H2O4/c26-19-12-21(14-25(19)13-15-3-7-22-8-4-15)5-9-24(10-6-21)20(27)17-11-18(28-23-17)16-1-2-16;3-1(4)2(5)6/h3-4,7-8,11,16H,1-2,5-6,9-10,12-14H2;(H,3,4)(H,5,6). The fourth-order valence-electron chi connectivity index (χ4n) is 4.47. The van der Waals surface area contributed by atoms with Gasteiger partial charge >= 0.3 is 11.9 Å². The molecule has 11 nitrogen and oxygen atoms in total. The molecule has 0 bridgehead atoms. The molecule has 2 saturated heterocycles. The molecular weight excluding hydrogens is 444 g/mol. The van der Waals surface area contributed by atoms with Crippen molar-refractivity contribution in [2.24, 2.45) is 5.41 Å². The zero-order valence-electron chi connectivity index (χ0n) is 18.6. The molecule has 2 N–H and O–H groups in total. The van der Waals surface area contributed by atoms with E-state index in [4.69, 9.17) is 24.3 Å². The fourth-order valence-corrected chi connectivity index (χ4v) is 4.47. The molecule has 11 heteroatoms. The number of pyridine rings is 1. The first-order valence-corrected chi connectivity index (χ1v) is 11.2. The average Bonchev–Trinajstić information content (AvgIpc) is 3.48. The molecule has 0 atom stereocenters. The second kappa shape index (κ2) is 9.62. The van der Waals surface area contributed by atoms with E-state index >= 15 is 0 Å². The van der Waals surface area contributed by atoms with Crippen LogP contribution in [-0.4, -0.2) is 73.5 Å². The van der Waals surface area contributed by atoms with E-state index in [1.165, 1.54) is 0 Å². The summed E-state index contributed by atoms with van der Waals surface area (Å²) in [6, 6.07) is 5.71. The predicted octanol–water partition coefficient (Wildman–Crippen LogP) is 1.76. The summed E-state index contributed by atoms with van der Waals surface area (Å²) in [5, 5.41) is 18.8. The third kappa shape index (κ3) is 5.41. The molecule has 0 radical (unpaired) electrons. The van der Waals surface area contributed by atoms with E-state index in [1.807, 2.05) is 21.9 Å². The maximum Gasteiger partial charge on any atom is 0.414 e. The van der Waals surface area contributed by atoms with Crippen LogP contribution in [0.5, 0.6) is 0 Å². The van der Waals surface area contributed by atoms with Gasteiger partial charge in [-0.05, 0) is 43.4 Å². The Morgan fingerprint density at radius 2 is 1.74 bits per heavy atom. The second-order valence-corrected chi connectivity index (χ2v) is 9.07. The maximum atomic E-state index is 12.7. The summed E-state index contributed by atoms with van der Waals surface area (Å²) in [5.41, 5.74) is 1.51. The van der Waals surface area contributed by atoms with Crippen LogP contribution in [0.25, 0.3) is 0 Å². The van der Waals surface area contributed by atoms with E-state index in [9.17, 15) is 9.59 Å². The molecule has 34 heavy (non-hydrogen) atoms. The summed E-state index contributed by atoms with van der Waals surface area (Å²) in [6.07, 6.45) is 8.05. The van der Waals surface area contributed by atoms with Crippen molar-refractivity contribution in [3.63, 3.8) is 0 Å². The lowest BCUT2D eigenvalue weighted by molar-refractivity contribution is -0.159. The molecule has 1 saturated carbocycles. The number of hydrogen-bond donors (Lipinski definition) is 2. The van der Waals surface area contributed by atoms with E-state index in [-0.39, 0.29) is 17.2 Å². The van der Waals surface area contributed by atoms with Gasteiger partial charge in [0.05, 0.1) is 0 Å². The van der Waals surface area contributed by atoms with Crippen molar-refractivity contribution >= 4 is 23.8 Å². The third-order valence-corrected chi connectivity index (χ3v) is 6.55. The number of carbonyl (C=O) groups excluding carboxylic acids is 2. The summed E-state index contributed by atoms with van der Waals surface area (Å²) < 4.78 is 5.33. The van der Waals surface area contributed by atoms with Crippen LogP contribution in [0.1, 0.15) is 59.8 Å². The van der Waals surface area contributed by atoms with Crippen molar-refractivity contribution in [2.45, 2.75) is 44.6 Å². The van der Waals surface area contributed by atoms with Gasteiger partial charge < -0.3 is 24.5 Å². The van der Waals surface area contributed by atoms with E-state index in [0.717, 1.165) is 43.6 Å². The van der Waals surface area contributed by atoms with Gasteiger partial charge in [0.1, 0.15) is 5.76 Å². The molecule has 180 valence electrons. The fraction of sp³-hybridized carbons (Fsp3) is 0.478. The van der Waals surface area contributed by atoms with Gasteiger partial charge in [-0.1, -0.05) is 5.16 Å². The number of likely N-dealkylation sites (tertiary alicyclic amines) is 2. The Balaban J connectivity index is 0.000000408. The minimum Gasteiger partial charge on any atom is -0.473 e. The number of aliphatic carboxylic acids is 2. The third-order valence-electron chi connectivity index (χ3n) is 6.55. The Kier molecular flexibility index (Phi) is 6.62. The Morgan fingerprint density at radius 1 is 1.09 bits per heavy atom. The molecule has 0 unspecified atom stereocenters. The minimum atomic E-state index is -1.82. The van der Waals surface area contributed by atoms with Gasteiger partial charge in [-0.15, -0.1) is 0 Å². The van der Waals surface area contributed by atoms with E-state index in [2.05, 4.69) is 10.1 Å². The first kappa shape index (κ1) is 23.4. The minimum absolute atomic E-state index is 0.0100.